The predicted molar refractivity (Wildman–Crippen MR) is 81.2 cm³/mol. The quantitative estimate of drug-likeness (QED) is 0.810. The maximum Gasteiger partial charge on any atom is 0.348 e. The fourth-order valence-corrected chi connectivity index (χ4v) is 2.55. The Kier molecular flexibility index (Phi) is 4.33. The zero-order valence-corrected chi connectivity index (χ0v) is 13.5. The molecule has 0 spiro atoms. The first-order chi connectivity index (χ1) is 8.90. The lowest BCUT2D eigenvalue weighted by Gasteiger charge is -2.13. The van der Waals surface area contributed by atoms with E-state index in [0.717, 1.165) is 15.7 Å². The van der Waals surface area contributed by atoms with Crippen LogP contribution in [0.3, 0.4) is 0 Å². The third-order valence-corrected chi connectivity index (χ3v) is 4.61. The molecule has 0 aliphatic carbocycles. The third kappa shape index (κ3) is 3.02. The van der Waals surface area contributed by atoms with Crippen LogP contribution in [0.5, 0.6) is 0 Å². The molecule has 2 rings (SSSR count). The molecule has 19 heavy (non-hydrogen) atoms. The van der Waals surface area contributed by atoms with Crippen LogP contribution in [0.2, 0.25) is 10.0 Å². The summed E-state index contributed by atoms with van der Waals surface area (Å²) >= 11 is 15.4. The Morgan fingerprint density at radius 3 is 2.63 bits per heavy atom. The zero-order chi connectivity index (χ0) is 14.2. The molecule has 2 aromatic rings. The molecule has 0 radical (unpaired) electrons. The normalized spacial score (nSPS) is 10.8. The minimum absolute atomic E-state index is 0.288. The summed E-state index contributed by atoms with van der Waals surface area (Å²) in [4.78, 5) is 15.9. The maximum atomic E-state index is 12.0. The smallest absolute Gasteiger partial charge is 0.291 e. The molecule has 1 aromatic heterocycles. The summed E-state index contributed by atoms with van der Waals surface area (Å²) in [7, 11) is 0. The standard InChI is InChI=1S/C13H11BrCl2N2O/c1-7-12(14)8(2)18(13(19)17-7)6-9-3-4-10(15)5-11(9)16/h3-5H,6H2,1-2H3. The van der Waals surface area contributed by atoms with E-state index in [-0.39, 0.29) is 5.69 Å². The lowest BCUT2D eigenvalue weighted by molar-refractivity contribution is 0.688. The van der Waals surface area contributed by atoms with Gasteiger partial charge in [-0.25, -0.2) is 4.79 Å². The molecule has 0 saturated heterocycles. The zero-order valence-electron chi connectivity index (χ0n) is 10.4. The number of hydrogen-bond donors (Lipinski definition) is 0. The number of aromatic nitrogens is 2. The Morgan fingerprint density at radius 1 is 1.32 bits per heavy atom. The number of rotatable bonds is 2. The first kappa shape index (κ1) is 14.6. The molecular formula is C13H11BrCl2N2O. The van der Waals surface area contributed by atoms with Crippen LogP contribution in [0.15, 0.2) is 27.5 Å². The molecule has 1 heterocycles. The topological polar surface area (TPSA) is 34.9 Å². The fourth-order valence-electron chi connectivity index (χ4n) is 1.78. The van der Waals surface area contributed by atoms with Gasteiger partial charge in [-0.2, -0.15) is 4.98 Å². The first-order valence-corrected chi connectivity index (χ1v) is 7.12. The van der Waals surface area contributed by atoms with Crippen molar-refractivity contribution in [1.29, 1.82) is 0 Å². The van der Waals surface area contributed by atoms with Crippen LogP contribution in [0, 0.1) is 13.8 Å². The highest BCUT2D eigenvalue weighted by atomic mass is 79.9. The van der Waals surface area contributed by atoms with E-state index in [9.17, 15) is 4.79 Å². The number of nitrogens with zero attached hydrogens (tertiary/aromatic N) is 2. The molecule has 0 atom stereocenters. The highest BCUT2D eigenvalue weighted by Gasteiger charge is 2.11. The number of hydrogen-bond acceptors (Lipinski definition) is 2. The first-order valence-electron chi connectivity index (χ1n) is 5.57. The molecule has 100 valence electrons. The van der Waals surface area contributed by atoms with E-state index in [1.165, 1.54) is 0 Å². The second kappa shape index (κ2) is 5.65. The van der Waals surface area contributed by atoms with E-state index < -0.39 is 0 Å². The molecule has 0 fully saturated rings. The molecular weight excluding hydrogens is 351 g/mol. The predicted octanol–water partition coefficient (Wildman–Crippen LogP) is 3.98. The van der Waals surface area contributed by atoms with Crippen molar-refractivity contribution in [1.82, 2.24) is 9.55 Å². The van der Waals surface area contributed by atoms with E-state index >= 15 is 0 Å². The van der Waals surface area contributed by atoms with Crippen LogP contribution < -0.4 is 5.69 Å². The average molecular weight is 362 g/mol. The molecule has 0 N–H and O–H groups in total. The average Bonchev–Trinajstić information content (AvgIpc) is 2.34. The van der Waals surface area contributed by atoms with E-state index in [2.05, 4.69) is 20.9 Å². The molecule has 1 aromatic carbocycles. The van der Waals surface area contributed by atoms with Gasteiger partial charge in [-0.1, -0.05) is 29.3 Å². The second-order valence-electron chi connectivity index (χ2n) is 4.20. The monoisotopic (exact) mass is 360 g/mol. The van der Waals surface area contributed by atoms with Crippen molar-refractivity contribution >= 4 is 39.1 Å². The summed E-state index contributed by atoms with van der Waals surface area (Å²) in [5, 5.41) is 1.11. The molecule has 0 amide bonds. The molecule has 0 bridgehead atoms. The Morgan fingerprint density at radius 2 is 2.00 bits per heavy atom. The molecule has 0 aliphatic rings. The Bertz CT molecular complexity index is 698. The van der Waals surface area contributed by atoms with Gasteiger partial charge in [0.05, 0.1) is 16.7 Å². The highest BCUT2D eigenvalue weighted by Crippen LogP contribution is 2.23. The van der Waals surface area contributed by atoms with E-state index in [1.807, 2.05) is 13.0 Å². The highest BCUT2D eigenvalue weighted by molar-refractivity contribution is 9.10. The van der Waals surface area contributed by atoms with Gasteiger partial charge in [-0.3, -0.25) is 4.57 Å². The van der Waals surface area contributed by atoms with Gasteiger partial charge in [0.2, 0.25) is 0 Å². The summed E-state index contributed by atoms with van der Waals surface area (Å²) in [6, 6.07) is 5.22. The van der Waals surface area contributed by atoms with Crippen LogP contribution >= 0.6 is 39.1 Å². The number of halogens is 3. The molecule has 0 aliphatic heterocycles. The Labute approximate surface area is 129 Å². The van der Waals surface area contributed by atoms with Crippen molar-refractivity contribution in [2.75, 3.05) is 0 Å². The number of aryl methyl sites for hydroxylation is 1. The second-order valence-corrected chi connectivity index (χ2v) is 5.84. The molecule has 0 saturated carbocycles. The van der Waals surface area contributed by atoms with Crippen molar-refractivity contribution in [3.63, 3.8) is 0 Å². The largest absolute Gasteiger partial charge is 0.348 e. The van der Waals surface area contributed by atoms with Gasteiger partial charge < -0.3 is 0 Å². The minimum atomic E-state index is -0.288. The maximum absolute atomic E-state index is 12.0. The van der Waals surface area contributed by atoms with E-state index in [0.29, 0.717) is 22.3 Å². The third-order valence-electron chi connectivity index (χ3n) is 2.88. The van der Waals surface area contributed by atoms with Gasteiger partial charge in [0.25, 0.3) is 0 Å². The van der Waals surface area contributed by atoms with Crippen LogP contribution in [-0.4, -0.2) is 9.55 Å². The summed E-state index contributed by atoms with van der Waals surface area (Å²) in [5.74, 6) is 0. The Hall–Kier alpha value is -0.840. The van der Waals surface area contributed by atoms with Gasteiger partial charge in [-0.15, -0.1) is 0 Å². The Balaban J connectivity index is 2.50. The van der Waals surface area contributed by atoms with Gasteiger partial charge in [-0.05, 0) is 47.5 Å². The SMILES string of the molecule is Cc1nc(=O)n(Cc2ccc(Cl)cc2Cl)c(C)c1Br. The minimum Gasteiger partial charge on any atom is -0.291 e. The van der Waals surface area contributed by atoms with Crippen LogP contribution in [0.25, 0.3) is 0 Å². The van der Waals surface area contributed by atoms with Gasteiger partial charge >= 0.3 is 5.69 Å². The van der Waals surface area contributed by atoms with Crippen LogP contribution in [0.1, 0.15) is 17.0 Å². The van der Waals surface area contributed by atoms with Crippen molar-refractivity contribution in [2.45, 2.75) is 20.4 Å². The summed E-state index contributed by atoms with van der Waals surface area (Å²) < 4.78 is 2.41. The molecule has 6 heteroatoms. The summed E-state index contributed by atoms with van der Waals surface area (Å²) in [6.07, 6.45) is 0. The van der Waals surface area contributed by atoms with Gasteiger partial charge in [0.15, 0.2) is 0 Å². The summed E-state index contributed by atoms with van der Waals surface area (Å²) in [5.41, 5.74) is 2.04. The molecule has 3 nitrogen and oxygen atoms in total. The fraction of sp³-hybridized carbons (Fsp3) is 0.231. The van der Waals surface area contributed by atoms with Crippen molar-refractivity contribution in [3.05, 3.63) is 60.2 Å². The summed E-state index contributed by atoms with van der Waals surface area (Å²) in [6.45, 7) is 4.02. The lowest BCUT2D eigenvalue weighted by Crippen LogP contribution is -2.27. The molecule has 0 unspecified atom stereocenters. The van der Waals surface area contributed by atoms with Gasteiger partial charge in [0.1, 0.15) is 0 Å². The van der Waals surface area contributed by atoms with Gasteiger partial charge in [0, 0.05) is 15.7 Å². The van der Waals surface area contributed by atoms with Crippen molar-refractivity contribution in [2.24, 2.45) is 0 Å². The lowest BCUT2D eigenvalue weighted by atomic mass is 10.2. The van der Waals surface area contributed by atoms with Crippen molar-refractivity contribution in [3.8, 4) is 0 Å². The van der Waals surface area contributed by atoms with Crippen molar-refractivity contribution < 1.29 is 0 Å². The van der Waals surface area contributed by atoms with E-state index in [4.69, 9.17) is 23.2 Å². The number of benzene rings is 1. The van der Waals surface area contributed by atoms with E-state index in [1.54, 1.807) is 23.6 Å². The van der Waals surface area contributed by atoms with Crippen LogP contribution in [0.4, 0.5) is 0 Å². The van der Waals surface area contributed by atoms with Crippen LogP contribution in [-0.2, 0) is 6.54 Å².